The number of benzene rings is 3. The summed E-state index contributed by atoms with van der Waals surface area (Å²) in [6.07, 6.45) is 0. The lowest BCUT2D eigenvalue weighted by atomic mass is 9.91. The third kappa shape index (κ3) is 4.82. The molecule has 0 bridgehead atoms. The second-order valence-electron chi connectivity index (χ2n) is 6.39. The Labute approximate surface area is 163 Å². The van der Waals surface area contributed by atoms with E-state index in [1.807, 2.05) is 60.7 Å². The third-order valence-electron chi connectivity index (χ3n) is 4.25. The highest BCUT2D eigenvalue weighted by Crippen LogP contribution is 2.26. The molecule has 3 aromatic carbocycles. The van der Waals surface area contributed by atoms with Crippen molar-refractivity contribution >= 4 is 17.6 Å². The predicted molar refractivity (Wildman–Crippen MR) is 105 cm³/mol. The van der Waals surface area contributed by atoms with Gasteiger partial charge in [-0.2, -0.15) is 0 Å². The predicted octanol–water partition coefficient (Wildman–Crippen LogP) is 4.45. The van der Waals surface area contributed by atoms with E-state index in [0.717, 1.165) is 16.7 Å². The standard InChI is InChI=1S/C23H20FNO3/c1-16-12-13-20(19(24)14-16)25-21(26)15-28-23(27)22(17-8-4-2-5-9-17)18-10-6-3-7-11-18/h2-14,22H,15H2,1H3,(H,25,26). The largest absolute Gasteiger partial charge is 0.455 e. The Hall–Kier alpha value is -3.47. The van der Waals surface area contributed by atoms with Crippen LogP contribution in [-0.4, -0.2) is 18.5 Å². The van der Waals surface area contributed by atoms with Gasteiger partial charge in [0.1, 0.15) is 11.7 Å². The van der Waals surface area contributed by atoms with E-state index in [-0.39, 0.29) is 5.69 Å². The molecule has 0 aliphatic heterocycles. The Morgan fingerprint density at radius 3 is 2.04 bits per heavy atom. The molecule has 0 atom stereocenters. The SMILES string of the molecule is Cc1ccc(NC(=O)COC(=O)C(c2ccccc2)c2ccccc2)c(F)c1. The summed E-state index contributed by atoms with van der Waals surface area (Å²) < 4.78 is 19.1. The first-order valence-electron chi connectivity index (χ1n) is 8.87. The minimum absolute atomic E-state index is 0.0503. The van der Waals surface area contributed by atoms with Crippen molar-refractivity contribution in [1.29, 1.82) is 0 Å². The van der Waals surface area contributed by atoms with Gasteiger partial charge in [0.15, 0.2) is 6.61 Å². The van der Waals surface area contributed by atoms with Gasteiger partial charge in [-0.3, -0.25) is 9.59 Å². The lowest BCUT2D eigenvalue weighted by molar-refractivity contribution is -0.147. The van der Waals surface area contributed by atoms with Crippen molar-refractivity contribution in [2.45, 2.75) is 12.8 Å². The quantitative estimate of drug-likeness (QED) is 0.646. The molecular weight excluding hydrogens is 357 g/mol. The first-order valence-corrected chi connectivity index (χ1v) is 8.87. The van der Waals surface area contributed by atoms with E-state index < -0.39 is 30.2 Å². The zero-order chi connectivity index (χ0) is 19.9. The van der Waals surface area contributed by atoms with Crippen LogP contribution in [0.4, 0.5) is 10.1 Å². The second kappa shape index (κ2) is 8.95. The number of nitrogens with one attached hydrogen (secondary N) is 1. The molecule has 0 radical (unpaired) electrons. The summed E-state index contributed by atoms with van der Waals surface area (Å²) in [5.74, 6) is -2.33. The summed E-state index contributed by atoms with van der Waals surface area (Å²) in [6, 6.07) is 22.9. The number of ether oxygens (including phenoxy) is 1. The topological polar surface area (TPSA) is 55.4 Å². The highest BCUT2D eigenvalue weighted by molar-refractivity contribution is 5.93. The number of carbonyl (C=O) groups excluding carboxylic acids is 2. The highest BCUT2D eigenvalue weighted by atomic mass is 19.1. The number of aryl methyl sites for hydroxylation is 1. The molecule has 0 spiro atoms. The van der Waals surface area contributed by atoms with Gasteiger partial charge in [0.2, 0.25) is 0 Å². The smallest absolute Gasteiger partial charge is 0.318 e. The Morgan fingerprint density at radius 1 is 0.929 bits per heavy atom. The van der Waals surface area contributed by atoms with Crippen molar-refractivity contribution < 1.29 is 18.7 Å². The number of esters is 1. The molecule has 0 fully saturated rings. The molecule has 1 amide bonds. The van der Waals surface area contributed by atoms with Crippen LogP contribution in [0.5, 0.6) is 0 Å². The van der Waals surface area contributed by atoms with Crippen molar-refractivity contribution in [3.63, 3.8) is 0 Å². The highest BCUT2D eigenvalue weighted by Gasteiger charge is 2.24. The number of hydrogen-bond acceptors (Lipinski definition) is 3. The van der Waals surface area contributed by atoms with Crippen molar-refractivity contribution in [2.75, 3.05) is 11.9 Å². The van der Waals surface area contributed by atoms with Gasteiger partial charge in [-0.05, 0) is 35.7 Å². The van der Waals surface area contributed by atoms with Crippen LogP contribution in [0.15, 0.2) is 78.9 Å². The maximum absolute atomic E-state index is 13.9. The van der Waals surface area contributed by atoms with Crippen molar-refractivity contribution in [2.24, 2.45) is 0 Å². The van der Waals surface area contributed by atoms with Crippen molar-refractivity contribution in [3.05, 3.63) is 101 Å². The van der Waals surface area contributed by atoms with Crippen LogP contribution in [0, 0.1) is 12.7 Å². The van der Waals surface area contributed by atoms with Gasteiger partial charge < -0.3 is 10.1 Å². The second-order valence-corrected chi connectivity index (χ2v) is 6.39. The number of halogens is 1. The Kier molecular flexibility index (Phi) is 6.17. The van der Waals surface area contributed by atoms with Gasteiger partial charge in [-0.1, -0.05) is 66.7 Å². The summed E-state index contributed by atoms with van der Waals surface area (Å²) in [6.45, 7) is 1.26. The fraction of sp³-hybridized carbons (Fsp3) is 0.130. The first kappa shape index (κ1) is 19.3. The number of anilines is 1. The van der Waals surface area contributed by atoms with Crippen LogP contribution in [0.25, 0.3) is 0 Å². The zero-order valence-corrected chi connectivity index (χ0v) is 15.4. The van der Waals surface area contributed by atoms with E-state index in [0.29, 0.717) is 0 Å². The number of rotatable bonds is 6. The van der Waals surface area contributed by atoms with Crippen LogP contribution in [0.1, 0.15) is 22.6 Å². The minimum atomic E-state index is -0.647. The normalized spacial score (nSPS) is 10.5. The molecule has 0 heterocycles. The lowest BCUT2D eigenvalue weighted by Crippen LogP contribution is -2.25. The van der Waals surface area contributed by atoms with Crippen LogP contribution < -0.4 is 5.32 Å². The molecule has 5 heteroatoms. The van der Waals surface area contributed by atoms with E-state index in [9.17, 15) is 14.0 Å². The Bertz CT molecular complexity index is 919. The van der Waals surface area contributed by atoms with E-state index in [1.165, 1.54) is 12.1 Å². The van der Waals surface area contributed by atoms with E-state index in [4.69, 9.17) is 4.74 Å². The summed E-state index contributed by atoms with van der Waals surface area (Å²) in [7, 11) is 0. The molecule has 4 nitrogen and oxygen atoms in total. The van der Waals surface area contributed by atoms with E-state index in [2.05, 4.69) is 5.32 Å². The first-order chi connectivity index (χ1) is 13.5. The molecular formula is C23H20FNO3. The Balaban J connectivity index is 1.69. The van der Waals surface area contributed by atoms with Crippen molar-refractivity contribution in [3.8, 4) is 0 Å². The summed E-state index contributed by atoms with van der Waals surface area (Å²) in [5, 5.41) is 2.42. The molecule has 142 valence electrons. The van der Waals surface area contributed by atoms with E-state index in [1.54, 1.807) is 13.0 Å². The molecule has 3 aromatic rings. The average Bonchev–Trinajstić information content (AvgIpc) is 2.70. The molecule has 28 heavy (non-hydrogen) atoms. The van der Waals surface area contributed by atoms with Gasteiger partial charge in [0.25, 0.3) is 5.91 Å². The van der Waals surface area contributed by atoms with Gasteiger partial charge in [-0.25, -0.2) is 4.39 Å². The maximum atomic E-state index is 13.9. The van der Waals surface area contributed by atoms with Gasteiger partial charge in [0, 0.05) is 0 Å². The van der Waals surface area contributed by atoms with Crippen LogP contribution in [-0.2, 0) is 14.3 Å². The molecule has 1 N–H and O–H groups in total. The molecule has 3 rings (SSSR count). The number of carbonyl (C=O) groups is 2. The molecule has 0 saturated heterocycles. The fourth-order valence-electron chi connectivity index (χ4n) is 2.88. The molecule has 0 aromatic heterocycles. The minimum Gasteiger partial charge on any atom is -0.455 e. The van der Waals surface area contributed by atoms with Gasteiger partial charge in [0.05, 0.1) is 5.69 Å². The summed E-state index contributed by atoms with van der Waals surface area (Å²) in [4.78, 5) is 24.8. The van der Waals surface area contributed by atoms with Crippen molar-refractivity contribution in [1.82, 2.24) is 0 Å². The van der Waals surface area contributed by atoms with Crippen LogP contribution in [0.3, 0.4) is 0 Å². The molecule has 0 unspecified atom stereocenters. The number of hydrogen-bond donors (Lipinski definition) is 1. The maximum Gasteiger partial charge on any atom is 0.318 e. The summed E-state index contributed by atoms with van der Waals surface area (Å²) in [5.41, 5.74) is 2.33. The zero-order valence-electron chi connectivity index (χ0n) is 15.4. The van der Waals surface area contributed by atoms with Gasteiger partial charge in [-0.15, -0.1) is 0 Å². The fourth-order valence-corrected chi connectivity index (χ4v) is 2.88. The summed E-state index contributed by atoms with van der Waals surface area (Å²) >= 11 is 0. The van der Waals surface area contributed by atoms with E-state index >= 15 is 0 Å². The molecule has 0 aliphatic rings. The monoisotopic (exact) mass is 377 g/mol. The van der Waals surface area contributed by atoms with Gasteiger partial charge >= 0.3 is 5.97 Å². The average molecular weight is 377 g/mol. The lowest BCUT2D eigenvalue weighted by Gasteiger charge is -2.17. The third-order valence-corrected chi connectivity index (χ3v) is 4.25. The Morgan fingerprint density at radius 2 is 1.50 bits per heavy atom. The molecule has 0 saturated carbocycles. The van der Waals surface area contributed by atoms with Crippen LogP contribution >= 0.6 is 0 Å². The van der Waals surface area contributed by atoms with Crippen LogP contribution in [0.2, 0.25) is 0 Å². The molecule has 0 aliphatic carbocycles. The number of amides is 1.